The number of benzene rings is 2. The molecule has 0 atom stereocenters. The van der Waals surface area contributed by atoms with Crippen molar-refractivity contribution in [3.63, 3.8) is 0 Å². The van der Waals surface area contributed by atoms with Crippen molar-refractivity contribution in [2.75, 3.05) is 0 Å². The lowest BCUT2D eigenvalue weighted by atomic mass is 10.2. The second kappa shape index (κ2) is 10.6. The number of thioether (sulfide) groups is 1. The highest BCUT2D eigenvalue weighted by atomic mass is 79.9. The standard InChI is InChI=1S/C21H20BrClN4OS/c1-2-27-19(13-24-20(28)12-9-16-5-3-4-6-18(16)23)25-26-21(27)29-14-15-7-10-17(22)11-8-15/h3-12H,2,13-14H2,1H3,(H,24,28)/b12-9+. The largest absolute Gasteiger partial charge is 0.345 e. The highest BCUT2D eigenvalue weighted by Crippen LogP contribution is 2.23. The first-order valence-corrected chi connectivity index (χ1v) is 11.2. The molecule has 0 aliphatic carbocycles. The molecule has 1 aromatic heterocycles. The van der Waals surface area contributed by atoms with Gasteiger partial charge >= 0.3 is 0 Å². The van der Waals surface area contributed by atoms with Gasteiger partial charge in [0.05, 0.1) is 6.54 Å². The Kier molecular flexibility index (Phi) is 7.91. The Hall–Kier alpha value is -2.09. The van der Waals surface area contributed by atoms with Crippen LogP contribution >= 0.6 is 39.3 Å². The van der Waals surface area contributed by atoms with Gasteiger partial charge in [0.2, 0.25) is 5.91 Å². The molecular weight excluding hydrogens is 472 g/mol. The predicted octanol–water partition coefficient (Wildman–Crippen LogP) is 5.34. The summed E-state index contributed by atoms with van der Waals surface area (Å²) in [6.45, 7) is 3.08. The molecule has 3 rings (SSSR count). The minimum Gasteiger partial charge on any atom is -0.345 e. The summed E-state index contributed by atoms with van der Waals surface area (Å²) in [4.78, 5) is 12.1. The van der Waals surface area contributed by atoms with E-state index in [4.69, 9.17) is 11.6 Å². The maximum absolute atomic E-state index is 12.1. The molecule has 1 N–H and O–H groups in total. The smallest absolute Gasteiger partial charge is 0.244 e. The molecule has 0 saturated heterocycles. The Morgan fingerprint density at radius 2 is 1.97 bits per heavy atom. The molecule has 0 fully saturated rings. The fourth-order valence-corrected chi connectivity index (χ4v) is 4.04. The van der Waals surface area contributed by atoms with Crippen LogP contribution in [0.25, 0.3) is 6.08 Å². The van der Waals surface area contributed by atoms with Crippen molar-refractivity contribution in [1.29, 1.82) is 0 Å². The van der Waals surface area contributed by atoms with Crippen LogP contribution < -0.4 is 5.32 Å². The maximum Gasteiger partial charge on any atom is 0.244 e. The van der Waals surface area contributed by atoms with Crippen molar-refractivity contribution in [3.05, 3.63) is 81.1 Å². The summed E-state index contributed by atoms with van der Waals surface area (Å²) < 4.78 is 3.08. The molecular formula is C21H20BrClN4OS. The van der Waals surface area contributed by atoms with E-state index in [0.29, 0.717) is 11.6 Å². The monoisotopic (exact) mass is 490 g/mol. The lowest BCUT2D eigenvalue weighted by Gasteiger charge is -2.08. The van der Waals surface area contributed by atoms with Gasteiger partial charge in [0.1, 0.15) is 0 Å². The summed E-state index contributed by atoms with van der Waals surface area (Å²) in [5.41, 5.74) is 2.01. The zero-order valence-electron chi connectivity index (χ0n) is 15.8. The second-order valence-corrected chi connectivity index (χ2v) is 8.40. The predicted molar refractivity (Wildman–Crippen MR) is 122 cm³/mol. The number of hydrogen-bond donors (Lipinski definition) is 1. The molecule has 0 bridgehead atoms. The summed E-state index contributed by atoms with van der Waals surface area (Å²) >= 11 is 11.2. The van der Waals surface area contributed by atoms with Crippen molar-refractivity contribution in [1.82, 2.24) is 20.1 Å². The van der Waals surface area contributed by atoms with E-state index >= 15 is 0 Å². The Balaban J connectivity index is 1.57. The van der Waals surface area contributed by atoms with Gasteiger partial charge in [-0.15, -0.1) is 10.2 Å². The van der Waals surface area contributed by atoms with Crippen molar-refractivity contribution < 1.29 is 4.79 Å². The molecule has 3 aromatic rings. The minimum atomic E-state index is -0.209. The lowest BCUT2D eigenvalue weighted by molar-refractivity contribution is -0.116. The van der Waals surface area contributed by atoms with Crippen LogP contribution in [0, 0.1) is 0 Å². The van der Waals surface area contributed by atoms with Gasteiger partial charge in [0.15, 0.2) is 11.0 Å². The summed E-state index contributed by atoms with van der Waals surface area (Å²) in [6, 6.07) is 15.6. The Bertz CT molecular complexity index is 1000. The number of carbonyl (C=O) groups is 1. The van der Waals surface area contributed by atoms with E-state index in [1.807, 2.05) is 41.8 Å². The Morgan fingerprint density at radius 3 is 2.69 bits per heavy atom. The number of amides is 1. The number of aromatic nitrogens is 3. The van der Waals surface area contributed by atoms with Crippen LogP contribution in [-0.2, 0) is 23.6 Å². The van der Waals surface area contributed by atoms with Crippen molar-refractivity contribution in [2.24, 2.45) is 0 Å². The van der Waals surface area contributed by atoms with E-state index in [9.17, 15) is 4.79 Å². The summed E-state index contributed by atoms with van der Waals surface area (Å²) in [5.74, 6) is 1.32. The van der Waals surface area contributed by atoms with E-state index < -0.39 is 0 Å². The molecule has 29 heavy (non-hydrogen) atoms. The third kappa shape index (κ3) is 6.19. The summed E-state index contributed by atoms with van der Waals surface area (Å²) in [7, 11) is 0. The zero-order valence-corrected chi connectivity index (χ0v) is 19.0. The normalized spacial score (nSPS) is 11.1. The van der Waals surface area contributed by atoms with Gasteiger partial charge in [0, 0.05) is 27.9 Å². The van der Waals surface area contributed by atoms with E-state index in [1.165, 1.54) is 11.6 Å². The minimum absolute atomic E-state index is 0.209. The van der Waals surface area contributed by atoms with Gasteiger partial charge < -0.3 is 9.88 Å². The van der Waals surface area contributed by atoms with Gasteiger partial charge in [-0.25, -0.2) is 0 Å². The van der Waals surface area contributed by atoms with Gasteiger partial charge in [-0.05, 0) is 42.3 Å². The van der Waals surface area contributed by atoms with Crippen molar-refractivity contribution in [2.45, 2.75) is 30.9 Å². The van der Waals surface area contributed by atoms with Crippen LogP contribution in [0.1, 0.15) is 23.9 Å². The third-order valence-electron chi connectivity index (χ3n) is 4.13. The van der Waals surface area contributed by atoms with Crippen LogP contribution in [0.5, 0.6) is 0 Å². The van der Waals surface area contributed by atoms with Crippen LogP contribution in [0.4, 0.5) is 0 Å². The third-order valence-corrected chi connectivity index (χ3v) is 6.04. The highest BCUT2D eigenvalue weighted by molar-refractivity contribution is 9.10. The molecule has 1 amide bonds. The number of rotatable bonds is 8. The molecule has 1 heterocycles. The van der Waals surface area contributed by atoms with Crippen LogP contribution in [0.2, 0.25) is 5.02 Å². The van der Waals surface area contributed by atoms with Gasteiger partial charge in [-0.3, -0.25) is 4.79 Å². The van der Waals surface area contributed by atoms with Gasteiger partial charge in [-0.1, -0.05) is 69.6 Å². The number of halogens is 2. The van der Waals surface area contributed by atoms with Gasteiger partial charge in [-0.2, -0.15) is 0 Å². The van der Waals surface area contributed by atoms with Crippen molar-refractivity contribution >= 4 is 51.3 Å². The van der Waals surface area contributed by atoms with E-state index in [2.05, 4.69) is 43.6 Å². The lowest BCUT2D eigenvalue weighted by Crippen LogP contribution is -2.22. The Morgan fingerprint density at radius 1 is 1.21 bits per heavy atom. The molecule has 0 aliphatic rings. The molecule has 0 spiro atoms. The second-order valence-electron chi connectivity index (χ2n) is 6.13. The molecule has 2 aromatic carbocycles. The first kappa shape index (κ1) is 21.6. The topological polar surface area (TPSA) is 59.8 Å². The summed E-state index contributed by atoms with van der Waals surface area (Å²) in [5, 5.41) is 12.8. The van der Waals surface area contributed by atoms with Crippen LogP contribution in [0.15, 0.2) is 64.2 Å². The zero-order chi connectivity index (χ0) is 20.6. The van der Waals surface area contributed by atoms with E-state index in [0.717, 1.165) is 33.3 Å². The first-order chi connectivity index (χ1) is 14.1. The van der Waals surface area contributed by atoms with Crippen LogP contribution in [0.3, 0.4) is 0 Å². The number of hydrogen-bond acceptors (Lipinski definition) is 4. The maximum atomic E-state index is 12.1. The van der Waals surface area contributed by atoms with E-state index in [-0.39, 0.29) is 5.91 Å². The van der Waals surface area contributed by atoms with Crippen LogP contribution in [-0.4, -0.2) is 20.7 Å². The molecule has 150 valence electrons. The molecule has 5 nitrogen and oxygen atoms in total. The quantitative estimate of drug-likeness (QED) is 0.341. The fraction of sp³-hybridized carbons (Fsp3) is 0.190. The fourth-order valence-electron chi connectivity index (χ4n) is 2.60. The molecule has 0 unspecified atom stereocenters. The molecule has 0 radical (unpaired) electrons. The summed E-state index contributed by atoms with van der Waals surface area (Å²) in [6.07, 6.45) is 3.17. The van der Waals surface area contributed by atoms with Gasteiger partial charge in [0.25, 0.3) is 0 Å². The highest BCUT2D eigenvalue weighted by Gasteiger charge is 2.12. The first-order valence-electron chi connectivity index (χ1n) is 9.06. The number of nitrogens with zero attached hydrogens (tertiary/aromatic N) is 3. The molecule has 0 saturated carbocycles. The SMILES string of the molecule is CCn1c(CNC(=O)/C=C/c2ccccc2Cl)nnc1SCc1ccc(Br)cc1. The Labute approximate surface area is 187 Å². The number of nitrogens with one attached hydrogen (secondary N) is 1. The van der Waals surface area contributed by atoms with E-state index in [1.54, 1.807) is 23.9 Å². The van der Waals surface area contributed by atoms with Crippen molar-refractivity contribution in [3.8, 4) is 0 Å². The molecule has 8 heteroatoms. The average Bonchev–Trinajstić information content (AvgIpc) is 3.13. The molecule has 0 aliphatic heterocycles. The average molecular weight is 492 g/mol. The number of carbonyl (C=O) groups excluding carboxylic acids is 1.